The van der Waals surface area contributed by atoms with E-state index in [0.717, 1.165) is 19.3 Å². The Labute approximate surface area is 269 Å². The average Bonchev–Trinajstić information content (AvgIpc) is 2.98. The zero-order valence-electron chi connectivity index (χ0n) is 29.8. The second kappa shape index (κ2) is 14.0. The van der Waals surface area contributed by atoms with E-state index in [9.17, 15) is 0 Å². The van der Waals surface area contributed by atoms with E-state index in [1.54, 1.807) is 0 Å². The van der Waals surface area contributed by atoms with Crippen LogP contribution in [-0.2, 0) is 13.3 Å². The number of hydrogen-bond donors (Lipinski definition) is 0. The van der Waals surface area contributed by atoms with Gasteiger partial charge in [-0.25, -0.2) is 0 Å². The summed E-state index contributed by atoms with van der Waals surface area (Å²) in [5, 5.41) is 1.58. The predicted molar refractivity (Wildman–Crippen MR) is 200 cm³/mol. The molecule has 3 nitrogen and oxygen atoms in total. The van der Waals surface area contributed by atoms with E-state index >= 15 is 0 Å². The van der Waals surface area contributed by atoms with Gasteiger partial charge in [0, 0.05) is 10.3 Å². The Balaban J connectivity index is 2.95. The van der Waals surface area contributed by atoms with Crippen molar-refractivity contribution in [3.05, 3.63) is 85.2 Å². The maximum atomic E-state index is 7.94. The van der Waals surface area contributed by atoms with Gasteiger partial charge < -0.3 is 13.3 Å². The maximum absolute atomic E-state index is 7.94. The molecule has 0 saturated heterocycles. The lowest BCUT2D eigenvalue weighted by molar-refractivity contribution is 0.0628. The first-order chi connectivity index (χ1) is 19.8. The van der Waals surface area contributed by atoms with E-state index in [1.807, 2.05) is 5.70 Å². The summed E-state index contributed by atoms with van der Waals surface area (Å²) in [5.41, 5.74) is 4.23. The first-order valence-corrected chi connectivity index (χ1v) is 27.1. The lowest BCUT2D eigenvalue weighted by atomic mass is 9.98. The fraction of sp³-hybridized carbons (Fsp3) is 0.556. The van der Waals surface area contributed by atoms with E-state index in [2.05, 4.69) is 167 Å². The molecule has 43 heavy (non-hydrogen) atoms. The SMILES string of the molecule is C=C[Si](C)(C)OC(C)(CC)[Si](C)(C)OC(CC)[C@@](C)(CC)[Si](OC(C)(C)[Si](C)(C)C=C)(c1ccccc1)c1ccccc1. The van der Waals surface area contributed by atoms with Crippen molar-refractivity contribution in [2.24, 2.45) is 0 Å². The first-order valence-electron chi connectivity index (χ1n) is 16.2. The fourth-order valence-corrected chi connectivity index (χ4v) is 19.2. The van der Waals surface area contributed by atoms with E-state index in [4.69, 9.17) is 13.3 Å². The number of benzene rings is 2. The maximum Gasteiger partial charge on any atom is 0.264 e. The molecule has 0 aliphatic heterocycles. The van der Waals surface area contributed by atoms with Gasteiger partial charge in [-0.15, -0.1) is 13.2 Å². The molecule has 2 rings (SSSR count). The molecular weight excluding hydrogens is 593 g/mol. The third-order valence-electron chi connectivity index (χ3n) is 10.8. The number of rotatable bonds is 17. The van der Waals surface area contributed by atoms with Crippen LogP contribution in [0.3, 0.4) is 0 Å². The molecule has 0 aromatic heterocycles. The van der Waals surface area contributed by atoms with Crippen LogP contribution in [0.2, 0.25) is 44.3 Å². The quantitative estimate of drug-likeness (QED) is 0.159. The Morgan fingerprint density at radius 2 is 1.16 bits per heavy atom. The highest BCUT2D eigenvalue weighted by atomic mass is 28.4. The lowest BCUT2D eigenvalue weighted by Crippen LogP contribution is -2.75. The highest BCUT2D eigenvalue weighted by molar-refractivity contribution is 7.00. The van der Waals surface area contributed by atoms with Crippen molar-refractivity contribution in [1.29, 1.82) is 0 Å². The van der Waals surface area contributed by atoms with Crippen molar-refractivity contribution < 1.29 is 13.3 Å². The molecule has 2 aromatic carbocycles. The third kappa shape index (κ3) is 7.40. The minimum absolute atomic E-state index is 0.0291. The Morgan fingerprint density at radius 1 is 0.698 bits per heavy atom. The van der Waals surface area contributed by atoms with Gasteiger partial charge in [0.1, 0.15) is 8.07 Å². The summed E-state index contributed by atoms with van der Waals surface area (Å²) in [5.74, 6) is 0. The van der Waals surface area contributed by atoms with Crippen LogP contribution in [0.25, 0.3) is 0 Å². The largest absolute Gasteiger partial charge is 0.411 e. The Bertz CT molecular complexity index is 1160. The minimum atomic E-state index is -3.03. The van der Waals surface area contributed by atoms with Crippen LogP contribution in [0.5, 0.6) is 0 Å². The summed E-state index contributed by atoms with van der Waals surface area (Å²) in [4.78, 5) is 0. The van der Waals surface area contributed by atoms with Gasteiger partial charge in [0.15, 0.2) is 0 Å². The van der Waals surface area contributed by atoms with Crippen molar-refractivity contribution in [2.75, 3.05) is 0 Å². The van der Waals surface area contributed by atoms with Crippen LogP contribution in [0.4, 0.5) is 0 Å². The van der Waals surface area contributed by atoms with Gasteiger partial charge in [-0.2, -0.15) is 0 Å². The van der Waals surface area contributed by atoms with E-state index < -0.39 is 33.0 Å². The molecule has 0 heterocycles. The van der Waals surface area contributed by atoms with Crippen molar-refractivity contribution in [1.82, 2.24) is 0 Å². The van der Waals surface area contributed by atoms with Crippen LogP contribution in [0, 0.1) is 0 Å². The van der Waals surface area contributed by atoms with Gasteiger partial charge in [0.25, 0.3) is 8.32 Å². The van der Waals surface area contributed by atoms with Gasteiger partial charge in [-0.05, 0) is 76.6 Å². The molecule has 0 bridgehead atoms. The summed E-state index contributed by atoms with van der Waals surface area (Å²) in [7, 11) is -9.56. The van der Waals surface area contributed by atoms with E-state index in [0.29, 0.717) is 0 Å². The van der Waals surface area contributed by atoms with Crippen LogP contribution in [-0.4, -0.2) is 49.6 Å². The molecule has 0 aliphatic carbocycles. The molecule has 2 aromatic rings. The predicted octanol–water partition coefficient (Wildman–Crippen LogP) is 9.34. The Hall–Kier alpha value is -1.33. The molecule has 0 radical (unpaired) electrons. The highest BCUT2D eigenvalue weighted by Crippen LogP contribution is 2.51. The summed E-state index contributed by atoms with van der Waals surface area (Å²) in [6.07, 6.45) is 2.69. The summed E-state index contributed by atoms with van der Waals surface area (Å²) >= 11 is 0. The van der Waals surface area contributed by atoms with Crippen LogP contribution in [0.1, 0.15) is 67.7 Å². The van der Waals surface area contributed by atoms with Crippen molar-refractivity contribution in [3.8, 4) is 0 Å². The monoisotopic (exact) mass is 654 g/mol. The molecule has 240 valence electrons. The summed E-state index contributed by atoms with van der Waals surface area (Å²) in [6, 6.07) is 22.1. The van der Waals surface area contributed by atoms with Crippen LogP contribution in [0.15, 0.2) is 85.2 Å². The topological polar surface area (TPSA) is 27.7 Å². The van der Waals surface area contributed by atoms with E-state index in [-0.39, 0.29) is 21.6 Å². The standard InChI is InChI=1S/C36H62O3Si4/c1-16-33(37-42(14,15)36(9,18-3)39-41(12,13)20-5)35(8,17-2)43(31-27-23-21-24-28-31,32-29-25-22-26-30-32)38-34(6,7)40(10,11)19-4/h19-30,33H,4-5,16-18H2,1-3,6-15H3/t33?,35-,36?/m1/s1. The molecule has 0 spiro atoms. The zero-order chi connectivity index (χ0) is 33.0. The molecule has 0 aliphatic rings. The zero-order valence-corrected chi connectivity index (χ0v) is 33.8. The normalized spacial score (nSPS) is 17.0. The smallest absolute Gasteiger partial charge is 0.264 e. The number of hydrogen-bond acceptors (Lipinski definition) is 3. The second-order valence-corrected chi connectivity index (χ2v) is 31.8. The van der Waals surface area contributed by atoms with Crippen molar-refractivity contribution >= 4 is 43.4 Å². The Morgan fingerprint density at radius 3 is 1.51 bits per heavy atom. The molecule has 7 heteroatoms. The lowest BCUT2D eigenvalue weighted by Gasteiger charge is -2.57. The fourth-order valence-electron chi connectivity index (χ4n) is 6.26. The van der Waals surface area contributed by atoms with Gasteiger partial charge in [-0.3, -0.25) is 0 Å². The first kappa shape index (κ1) is 37.9. The Kier molecular flexibility index (Phi) is 12.3. The van der Waals surface area contributed by atoms with Crippen molar-refractivity contribution in [3.63, 3.8) is 0 Å². The van der Waals surface area contributed by atoms with E-state index in [1.165, 1.54) is 10.4 Å². The molecule has 2 unspecified atom stereocenters. The molecular formula is C36H62O3Si4. The van der Waals surface area contributed by atoms with Gasteiger partial charge >= 0.3 is 0 Å². The average molecular weight is 655 g/mol. The summed E-state index contributed by atoms with van der Waals surface area (Å²) in [6.45, 7) is 38.5. The highest BCUT2D eigenvalue weighted by Gasteiger charge is 2.62. The second-order valence-electron chi connectivity index (χ2n) is 14.7. The van der Waals surface area contributed by atoms with Crippen LogP contribution >= 0.6 is 0 Å². The van der Waals surface area contributed by atoms with Gasteiger partial charge in [-0.1, -0.05) is 113 Å². The van der Waals surface area contributed by atoms with Crippen LogP contribution < -0.4 is 10.4 Å². The molecule has 0 fully saturated rings. The van der Waals surface area contributed by atoms with Gasteiger partial charge in [0.2, 0.25) is 16.6 Å². The molecule has 0 saturated carbocycles. The molecule has 0 N–H and O–H groups in total. The molecule has 0 amide bonds. The summed E-state index contributed by atoms with van der Waals surface area (Å²) < 4.78 is 22.6. The third-order valence-corrected chi connectivity index (χ3v) is 26.7. The minimum Gasteiger partial charge on any atom is -0.411 e. The molecule has 3 atom stereocenters. The van der Waals surface area contributed by atoms with Crippen molar-refractivity contribution in [2.45, 2.75) is 129 Å². The van der Waals surface area contributed by atoms with Gasteiger partial charge in [0.05, 0.1) is 11.3 Å².